The molecule has 0 unspecified atom stereocenters. The highest BCUT2D eigenvalue weighted by molar-refractivity contribution is 7.71. The van der Waals surface area contributed by atoms with E-state index in [1.54, 1.807) is 9.80 Å². The van der Waals surface area contributed by atoms with Gasteiger partial charge in [-0.15, -0.1) is 0 Å². The lowest BCUT2D eigenvalue weighted by Gasteiger charge is -2.31. The van der Waals surface area contributed by atoms with Crippen molar-refractivity contribution in [3.8, 4) is 6.07 Å². The number of piperazine rings is 1. The van der Waals surface area contributed by atoms with Gasteiger partial charge in [-0.2, -0.15) is 5.26 Å². The van der Waals surface area contributed by atoms with Crippen LogP contribution < -0.4 is 9.80 Å². The molecule has 0 radical (unpaired) electrons. The number of nitriles is 1. The predicted octanol–water partition coefficient (Wildman–Crippen LogP) is 0.956. The van der Waals surface area contributed by atoms with Gasteiger partial charge in [0, 0.05) is 11.3 Å². The molecule has 0 saturated carbocycles. The lowest BCUT2D eigenvalue weighted by molar-refractivity contribution is -1.03. The first kappa shape index (κ1) is 18.8. The Morgan fingerprint density at radius 3 is 2.35 bits per heavy atom. The highest BCUT2D eigenvalue weighted by Gasteiger charge is 2.24. The summed E-state index contributed by atoms with van der Waals surface area (Å²) in [5.74, 6) is 0. The number of quaternary nitrogens is 2. The molecule has 1 aromatic carbocycles. The summed E-state index contributed by atoms with van der Waals surface area (Å²) in [6.07, 6.45) is 0. The number of pyridine rings is 1. The van der Waals surface area contributed by atoms with Crippen LogP contribution in [0.5, 0.6) is 0 Å². The number of aryl methyl sites for hydroxylation is 3. The normalized spacial score (nSPS) is 19.9. The summed E-state index contributed by atoms with van der Waals surface area (Å²) >= 11 is 5.58. The van der Waals surface area contributed by atoms with Gasteiger partial charge >= 0.3 is 0 Å². The summed E-state index contributed by atoms with van der Waals surface area (Å²) in [5.41, 5.74) is 5.62. The average molecular weight is 369 g/mol. The minimum Gasteiger partial charge on any atom is -0.322 e. The van der Waals surface area contributed by atoms with Crippen molar-refractivity contribution in [1.82, 2.24) is 4.57 Å². The molecule has 1 fully saturated rings. The van der Waals surface area contributed by atoms with Crippen LogP contribution in [0.2, 0.25) is 0 Å². The number of rotatable bonds is 4. The fourth-order valence-corrected chi connectivity index (χ4v) is 4.27. The van der Waals surface area contributed by atoms with Gasteiger partial charge in [-0.1, -0.05) is 36.5 Å². The van der Waals surface area contributed by atoms with E-state index >= 15 is 0 Å². The second-order valence-electron chi connectivity index (χ2n) is 7.45. The number of nitrogens with one attached hydrogen (secondary N) is 2. The van der Waals surface area contributed by atoms with Crippen molar-refractivity contribution in [3.63, 3.8) is 0 Å². The maximum absolute atomic E-state index is 9.38. The zero-order chi connectivity index (χ0) is 18.7. The first-order valence-corrected chi connectivity index (χ1v) is 9.73. The van der Waals surface area contributed by atoms with Crippen LogP contribution in [0.1, 0.15) is 27.9 Å². The number of nitrogens with zero attached hydrogens (tertiary/aromatic N) is 2. The Labute approximate surface area is 161 Å². The van der Waals surface area contributed by atoms with E-state index < -0.39 is 0 Å². The molecule has 1 aliphatic rings. The minimum absolute atomic E-state index is 0.647. The summed E-state index contributed by atoms with van der Waals surface area (Å²) in [6.45, 7) is 12.8. The molecule has 0 spiro atoms. The lowest BCUT2D eigenvalue weighted by atomic mass is 10.1. The molecule has 5 heteroatoms. The zero-order valence-corrected chi connectivity index (χ0v) is 16.7. The van der Waals surface area contributed by atoms with Crippen LogP contribution in [0.15, 0.2) is 30.3 Å². The molecule has 0 atom stereocenters. The van der Waals surface area contributed by atoms with E-state index in [0.29, 0.717) is 10.2 Å². The Hall–Kier alpha value is -2.00. The van der Waals surface area contributed by atoms with Gasteiger partial charge in [-0.3, -0.25) is 4.57 Å². The molecule has 1 aliphatic heterocycles. The fourth-order valence-electron chi connectivity index (χ4n) is 3.85. The van der Waals surface area contributed by atoms with E-state index in [-0.39, 0.29) is 0 Å². The van der Waals surface area contributed by atoms with E-state index in [9.17, 15) is 5.26 Å². The molecular formula is C21H28N4S+2. The number of aromatic nitrogens is 1. The largest absolute Gasteiger partial charge is 0.322 e. The van der Waals surface area contributed by atoms with Crippen molar-refractivity contribution in [1.29, 1.82) is 5.26 Å². The second-order valence-corrected chi connectivity index (χ2v) is 7.84. The van der Waals surface area contributed by atoms with E-state index in [0.717, 1.165) is 37.6 Å². The monoisotopic (exact) mass is 368 g/mol. The van der Waals surface area contributed by atoms with Gasteiger partial charge in [0.25, 0.3) is 0 Å². The van der Waals surface area contributed by atoms with Crippen LogP contribution in [0.4, 0.5) is 0 Å². The molecule has 1 aromatic heterocycles. The quantitative estimate of drug-likeness (QED) is 0.789. The zero-order valence-electron chi connectivity index (χ0n) is 15.9. The summed E-state index contributed by atoms with van der Waals surface area (Å²) in [4.78, 5) is 3.20. The molecule has 0 bridgehead atoms. The highest BCUT2D eigenvalue weighted by Crippen LogP contribution is 2.12. The first-order valence-electron chi connectivity index (χ1n) is 9.32. The van der Waals surface area contributed by atoms with Gasteiger partial charge in [0.05, 0.1) is 5.56 Å². The van der Waals surface area contributed by atoms with Crippen molar-refractivity contribution in [2.75, 3.05) is 26.2 Å². The smallest absolute Gasteiger partial charge is 0.158 e. The Morgan fingerprint density at radius 2 is 1.69 bits per heavy atom. The predicted molar refractivity (Wildman–Crippen MR) is 106 cm³/mol. The summed E-state index contributed by atoms with van der Waals surface area (Å²) in [5, 5.41) is 9.38. The third-order valence-electron chi connectivity index (χ3n) is 5.56. The molecule has 3 rings (SSSR count). The minimum atomic E-state index is 0.647. The van der Waals surface area contributed by atoms with Crippen molar-refractivity contribution in [3.05, 3.63) is 62.9 Å². The SMILES string of the molecule is Cc1ccccc1C[NH+]1CC[NH+](Cn2c(C)cc(C)c(C#N)c2=S)CC1. The van der Waals surface area contributed by atoms with Gasteiger partial charge in [-0.25, -0.2) is 0 Å². The molecule has 2 N–H and O–H groups in total. The third-order valence-corrected chi connectivity index (χ3v) is 5.99. The average Bonchev–Trinajstić information content (AvgIpc) is 2.62. The van der Waals surface area contributed by atoms with Crippen LogP contribution in [0.3, 0.4) is 0 Å². The topological polar surface area (TPSA) is 37.6 Å². The Bertz CT molecular complexity index is 886. The van der Waals surface area contributed by atoms with Gasteiger partial charge in [-0.05, 0) is 38.0 Å². The lowest BCUT2D eigenvalue weighted by Crippen LogP contribution is -3.27. The molecule has 136 valence electrons. The van der Waals surface area contributed by atoms with Crippen LogP contribution in [0, 0.1) is 36.7 Å². The van der Waals surface area contributed by atoms with Crippen LogP contribution in [-0.4, -0.2) is 30.7 Å². The fraction of sp³-hybridized carbons (Fsp3) is 0.429. The van der Waals surface area contributed by atoms with E-state index in [1.807, 2.05) is 6.92 Å². The summed E-state index contributed by atoms with van der Waals surface area (Å²) in [7, 11) is 0. The molecule has 2 heterocycles. The summed E-state index contributed by atoms with van der Waals surface area (Å²) < 4.78 is 2.83. The molecule has 0 amide bonds. The molecule has 4 nitrogen and oxygen atoms in total. The van der Waals surface area contributed by atoms with Crippen molar-refractivity contribution in [2.24, 2.45) is 0 Å². The maximum Gasteiger partial charge on any atom is 0.158 e. The molecule has 0 aliphatic carbocycles. The van der Waals surface area contributed by atoms with Gasteiger partial charge in [0.1, 0.15) is 43.4 Å². The number of hydrogen-bond acceptors (Lipinski definition) is 2. The molecule has 26 heavy (non-hydrogen) atoms. The number of benzene rings is 1. The van der Waals surface area contributed by atoms with Gasteiger partial charge in [0.15, 0.2) is 6.67 Å². The Balaban J connectivity index is 1.64. The van der Waals surface area contributed by atoms with Crippen molar-refractivity contribution < 1.29 is 9.80 Å². The van der Waals surface area contributed by atoms with Crippen LogP contribution in [0.25, 0.3) is 0 Å². The highest BCUT2D eigenvalue weighted by atomic mass is 32.1. The standard InChI is InChI=1S/C21H26N4S/c1-16-6-4-5-7-19(16)14-23-8-10-24(11-9-23)15-25-18(3)12-17(2)20(13-22)21(25)26/h4-7,12H,8-11,14-15H2,1-3H3/p+2. The van der Waals surface area contributed by atoms with Crippen LogP contribution >= 0.6 is 12.2 Å². The second kappa shape index (κ2) is 8.13. The first-order chi connectivity index (χ1) is 12.5. The molecular weight excluding hydrogens is 340 g/mol. The maximum atomic E-state index is 9.38. The van der Waals surface area contributed by atoms with Crippen molar-refractivity contribution in [2.45, 2.75) is 34.0 Å². The van der Waals surface area contributed by atoms with Gasteiger partial charge in [0.2, 0.25) is 0 Å². The third kappa shape index (κ3) is 4.04. The van der Waals surface area contributed by atoms with Gasteiger partial charge < -0.3 is 9.80 Å². The van der Waals surface area contributed by atoms with Crippen molar-refractivity contribution >= 4 is 12.2 Å². The Morgan fingerprint density at radius 1 is 1.04 bits per heavy atom. The molecule has 2 aromatic rings. The molecule has 1 saturated heterocycles. The van der Waals surface area contributed by atoms with Crippen LogP contribution in [-0.2, 0) is 13.2 Å². The Kier molecular flexibility index (Phi) is 5.87. The van der Waals surface area contributed by atoms with E-state index in [2.05, 4.69) is 54.8 Å². The van der Waals surface area contributed by atoms with E-state index in [4.69, 9.17) is 12.2 Å². The van der Waals surface area contributed by atoms with E-state index in [1.165, 1.54) is 24.2 Å². The number of hydrogen-bond donors (Lipinski definition) is 2. The summed E-state index contributed by atoms with van der Waals surface area (Å²) in [6, 6.07) is 13.0.